The summed E-state index contributed by atoms with van der Waals surface area (Å²) in [5.74, 6) is -2.22. The van der Waals surface area contributed by atoms with Gasteiger partial charge in [-0.05, 0) is 6.42 Å². The van der Waals surface area contributed by atoms with E-state index in [-0.39, 0.29) is 18.0 Å². The lowest BCUT2D eigenvalue weighted by Crippen LogP contribution is -2.39. The molecule has 11 heavy (non-hydrogen) atoms. The number of carbonyl (C=O) groups excluding carboxylic acids is 1. The molecule has 0 radical (unpaired) electrons. The van der Waals surface area contributed by atoms with E-state index in [4.69, 9.17) is 5.21 Å². The molecule has 0 saturated heterocycles. The summed E-state index contributed by atoms with van der Waals surface area (Å²) in [6.45, 7) is 1.24. The van der Waals surface area contributed by atoms with Gasteiger partial charge >= 0.3 is 12.1 Å². The maximum absolute atomic E-state index is 11.5. The smallest absolute Gasteiger partial charge is 0.286 e. The number of nitrogens with zero attached hydrogens (tertiary/aromatic N) is 1. The zero-order valence-electron chi connectivity index (χ0n) is 5.85. The van der Waals surface area contributed by atoms with Crippen LogP contribution in [0.1, 0.15) is 13.3 Å². The summed E-state index contributed by atoms with van der Waals surface area (Å²) in [6.07, 6.45) is -4.71. The molecule has 0 rings (SSSR count). The van der Waals surface area contributed by atoms with Crippen LogP contribution < -0.4 is 0 Å². The third-order valence-corrected chi connectivity index (χ3v) is 0.912. The zero-order chi connectivity index (χ0) is 9.07. The Labute approximate surface area is 61.4 Å². The first-order chi connectivity index (χ1) is 4.89. The van der Waals surface area contributed by atoms with Crippen molar-refractivity contribution in [1.29, 1.82) is 0 Å². The van der Waals surface area contributed by atoms with Crippen LogP contribution in [0.5, 0.6) is 0 Å². The van der Waals surface area contributed by atoms with Gasteiger partial charge in [-0.2, -0.15) is 13.2 Å². The standard InChI is InChI=1S/C5H8F3NO2/c1-2-3-9(11)4(10)5(6,7)8/h11H,2-3H2,1H3. The summed E-state index contributed by atoms with van der Waals surface area (Å²) in [7, 11) is 0. The molecule has 66 valence electrons. The Hall–Kier alpha value is -0.780. The van der Waals surface area contributed by atoms with E-state index in [0.29, 0.717) is 0 Å². The number of amides is 1. The number of carbonyl (C=O) groups is 1. The summed E-state index contributed by atoms with van der Waals surface area (Å²) in [6, 6.07) is 0. The van der Waals surface area contributed by atoms with Gasteiger partial charge in [0.15, 0.2) is 0 Å². The fraction of sp³-hybridized carbons (Fsp3) is 0.800. The van der Waals surface area contributed by atoms with Gasteiger partial charge in [0.2, 0.25) is 0 Å². The minimum atomic E-state index is -4.98. The summed E-state index contributed by atoms with van der Waals surface area (Å²) < 4.78 is 34.4. The average Bonchev–Trinajstić information content (AvgIpc) is 1.85. The summed E-state index contributed by atoms with van der Waals surface area (Å²) in [5.41, 5.74) is 0. The Balaban J connectivity index is 4.03. The molecular weight excluding hydrogens is 163 g/mol. The molecule has 0 aliphatic heterocycles. The molecule has 6 heteroatoms. The van der Waals surface area contributed by atoms with Gasteiger partial charge < -0.3 is 0 Å². The average molecular weight is 171 g/mol. The third-order valence-electron chi connectivity index (χ3n) is 0.912. The lowest BCUT2D eigenvalue weighted by atomic mass is 10.4. The van der Waals surface area contributed by atoms with E-state index in [1.165, 1.54) is 0 Å². The molecule has 0 spiro atoms. The van der Waals surface area contributed by atoms with Crippen molar-refractivity contribution < 1.29 is 23.2 Å². The lowest BCUT2D eigenvalue weighted by Gasteiger charge is -2.14. The highest BCUT2D eigenvalue weighted by atomic mass is 19.4. The number of hydroxylamine groups is 2. The third kappa shape index (κ3) is 3.22. The van der Waals surface area contributed by atoms with E-state index in [0.717, 1.165) is 0 Å². The molecule has 0 atom stereocenters. The van der Waals surface area contributed by atoms with Crippen LogP contribution in [0.2, 0.25) is 0 Å². The Morgan fingerprint density at radius 2 is 2.00 bits per heavy atom. The maximum atomic E-state index is 11.5. The molecule has 1 amide bonds. The second-order valence-electron chi connectivity index (χ2n) is 1.93. The Kier molecular flexibility index (Phi) is 3.31. The lowest BCUT2D eigenvalue weighted by molar-refractivity contribution is -0.215. The van der Waals surface area contributed by atoms with E-state index in [1.807, 2.05) is 0 Å². The van der Waals surface area contributed by atoms with Crippen LogP contribution in [0.25, 0.3) is 0 Å². The van der Waals surface area contributed by atoms with Gasteiger partial charge in [0.05, 0.1) is 0 Å². The van der Waals surface area contributed by atoms with Crippen molar-refractivity contribution in [2.75, 3.05) is 6.54 Å². The second-order valence-corrected chi connectivity index (χ2v) is 1.93. The summed E-state index contributed by atoms with van der Waals surface area (Å²) in [5, 5.41) is 8.08. The molecule has 0 saturated carbocycles. The minimum absolute atomic E-state index is 0.276. The van der Waals surface area contributed by atoms with Crippen molar-refractivity contribution in [2.24, 2.45) is 0 Å². The quantitative estimate of drug-likeness (QED) is 0.500. The van der Waals surface area contributed by atoms with E-state index >= 15 is 0 Å². The molecule has 0 aromatic rings. The van der Waals surface area contributed by atoms with E-state index < -0.39 is 12.1 Å². The highest BCUT2D eigenvalue weighted by Gasteiger charge is 2.42. The first kappa shape index (κ1) is 10.2. The van der Waals surface area contributed by atoms with E-state index in [1.54, 1.807) is 6.92 Å². The fourth-order valence-electron chi connectivity index (χ4n) is 0.460. The highest BCUT2D eigenvalue weighted by Crippen LogP contribution is 2.17. The zero-order valence-corrected chi connectivity index (χ0v) is 5.85. The molecule has 0 aliphatic carbocycles. The molecular formula is C5H8F3NO2. The molecule has 0 aromatic heterocycles. The molecule has 3 nitrogen and oxygen atoms in total. The van der Waals surface area contributed by atoms with Crippen molar-refractivity contribution in [3.63, 3.8) is 0 Å². The van der Waals surface area contributed by atoms with Crippen LogP contribution in [0.3, 0.4) is 0 Å². The van der Waals surface area contributed by atoms with E-state index in [2.05, 4.69) is 0 Å². The number of halogens is 3. The van der Waals surface area contributed by atoms with E-state index in [9.17, 15) is 18.0 Å². The minimum Gasteiger partial charge on any atom is -0.286 e. The predicted molar refractivity (Wildman–Crippen MR) is 29.8 cm³/mol. The molecule has 0 unspecified atom stereocenters. The monoisotopic (exact) mass is 171 g/mol. The summed E-state index contributed by atoms with van der Waals surface area (Å²) in [4.78, 5) is 10.1. The number of hydrogen-bond acceptors (Lipinski definition) is 2. The predicted octanol–water partition coefficient (Wildman–Crippen LogP) is 1.18. The van der Waals surface area contributed by atoms with Gasteiger partial charge in [0.25, 0.3) is 0 Å². The maximum Gasteiger partial charge on any atom is 0.473 e. The fourth-order valence-corrected chi connectivity index (χ4v) is 0.460. The second kappa shape index (κ2) is 3.56. The van der Waals surface area contributed by atoms with Crippen molar-refractivity contribution in [2.45, 2.75) is 19.5 Å². The Morgan fingerprint density at radius 1 is 1.55 bits per heavy atom. The van der Waals surface area contributed by atoms with Crippen LogP contribution in [-0.4, -0.2) is 28.9 Å². The topological polar surface area (TPSA) is 40.5 Å². The van der Waals surface area contributed by atoms with Crippen molar-refractivity contribution in [1.82, 2.24) is 5.06 Å². The molecule has 1 N–H and O–H groups in total. The highest BCUT2D eigenvalue weighted by molar-refractivity contribution is 5.80. The molecule has 0 aromatic carbocycles. The van der Waals surface area contributed by atoms with Gasteiger partial charge in [0.1, 0.15) is 0 Å². The SMILES string of the molecule is CCCN(O)C(=O)C(F)(F)F. The number of rotatable bonds is 2. The van der Waals surface area contributed by atoms with Crippen LogP contribution in [0, 0.1) is 0 Å². The van der Waals surface area contributed by atoms with Crippen LogP contribution >= 0.6 is 0 Å². The molecule has 0 aliphatic rings. The van der Waals surface area contributed by atoms with Gasteiger partial charge in [-0.1, -0.05) is 6.92 Å². The number of alkyl halides is 3. The Morgan fingerprint density at radius 3 is 2.27 bits per heavy atom. The molecule has 0 bridgehead atoms. The van der Waals surface area contributed by atoms with Crippen molar-refractivity contribution in [3.8, 4) is 0 Å². The van der Waals surface area contributed by atoms with Crippen molar-refractivity contribution in [3.05, 3.63) is 0 Å². The van der Waals surface area contributed by atoms with Gasteiger partial charge in [-0.3, -0.25) is 10.0 Å². The Bertz CT molecular complexity index is 145. The van der Waals surface area contributed by atoms with Crippen molar-refractivity contribution >= 4 is 5.91 Å². The van der Waals surface area contributed by atoms with Gasteiger partial charge in [-0.15, -0.1) is 0 Å². The van der Waals surface area contributed by atoms with Gasteiger partial charge in [-0.25, -0.2) is 5.06 Å². The largest absolute Gasteiger partial charge is 0.473 e. The first-order valence-electron chi connectivity index (χ1n) is 2.97. The normalized spacial score (nSPS) is 11.4. The molecule has 0 heterocycles. The summed E-state index contributed by atoms with van der Waals surface area (Å²) >= 11 is 0. The number of hydrogen-bond donors (Lipinski definition) is 1. The van der Waals surface area contributed by atoms with Crippen LogP contribution in [0.4, 0.5) is 13.2 Å². The molecule has 0 fully saturated rings. The van der Waals surface area contributed by atoms with Crippen LogP contribution in [0.15, 0.2) is 0 Å². The van der Waals surface area contributed by atoms with Gasteiger partial charge in [0, 0.05) is 6.54 Å². The van der Waals surface area contributed by atoms with Crippen LogP contribution in [-0.2, 0) is 4.79 Å². The first-order valence-corrected chi connectivity index (χ1v) is 2.97.